The molecule has 0 saturated heterocycles. The second-order valence-corrected chi connectivity index (χ2v) is 7.41. The maximum absolute atomic E-state index is 11.9. The van der Waals surface area contributed by atoms with Gasteiger partial charge in [-0.05, 0) is 47.0 Å². The van der Waals surface area contributed by atoms with E-state index in [1.165, 1.54) is 18.2 Å². The van der Waals surface area contributed by atoms with Gasteiger partial charge in [0.15, 0.2) is 0 Å². The Morgan fingerprint density at radius 2 is 2.11 bits per heavy atom. The van der Waals surface area contributed by atoms with Crippen LogP contribution >= 0.6 is 39.1 Å². The standard InChI is InChI=1S/C11H14BrCl2NO2S/c1-2-8(13)5-6-15-18(16,17)9-3-4-11(14)10(12)7-9/h3-4,7-8,15H,2,5-6H2,1H3. The molecule has 0 aromatic heterocycles. The molecule has 0 aliphatic rings. The van der Waals surface area contributed by atoms with Crippen molar-refractivity contribution in [2.45, 2.75) is 30.0 Å². The molecule has 1 N–H and O–H groups in total. The van der Waals surface area contributed by atoms with Crippen molar-refractivity contribution in [1.29, 1.82) is 0 Å². The van der Waals surface area contributed by atoms with E-state index in [1.54, 1.807) is 0 Å². The second-order valence-electron chi connectivity index (χ2n) is 3.77. The first kappa shape index (κ1) is 16.2. The third-order valence-corrected chi connectivity index (χ3v) is 5.59. The monoisotopic (exact) mass is 373 g/mol. The molecule has 1 unspecified atom stereocenters. The maximum Gasteiger partial charge on any atom is 0.240 e. The summed E-state index contributed by atoms with van der Waals surface area (Å²) in [6.07, 6.45) is 1.42. The molecule has 0 spiro atoms. The first-order chi connectivity index (χ1) is 8.36. The lowest BCUT2D eigenvalue weighted by Gasteiger charge is -2.09. The van der Waals surface area contributed by atoms with Gasteiger partial charge in [0.25, 0.3) is 0 Å². The zero-order chi connectivity index (χ0) is 13.8. The van der Waals surface area contributed by atoms with Crippen LogP contribution in [0.15, 0.2) is 27.6 Å². The van der Waals surface area contributed by atoms with E-state index in [0.717, 1.165) is 6.42 Å². The molecule has 102 valence electrons. The Kier molecular flexibility index (Phi) is 6.41. The van der Waals surface area contributed by atoms with E-state index in [1.807, 2.05) is 6.92 Å². The Hall–Kier alpha value is 0.190. The van der Waals surface area contributed by atoms with E-state index in [-0.39, 0.29) is 10.3 Å². The molecule has 0 radical (unpaired) electrons. The molecule has 0 saturated carbocycles. The van der Waals surface area contributed by atoms with Crippen molar-refractivity contribution in [1.82, 2.24) is 4.72 Å². The highest BCUT2D eigenvalue weighted by molar-refractivity contribution is 9.10. The van der Waals surface area contributed by atoms with Gasteiger partial charge in [-0.25, -0.2) is 13.1 Å². The summed E-state index contributed by atoms with van der Waals surface area (Å²) in [6.45, 7) is 2.28. The molecule has 0 amide bonds. The molecule has 0 fully saturated rings. The summed E-state index contributed by atoms with van der Waals surface area (Å²) in [7, 11) is -3.50. The van der Waals surface area contributed by atoms with Crippen LogP contribution in [0.1, 0.15) is 19.8 Å². The first-order valence-electron chi connectivity index (χ1n) is 5.45. The van der Waals surface area contributed by atoms with Crippen LogP contribution in [0.4, 0.5) is 0 Å². The molecule has 0 aliphatic carbocycles. The number of halogens is 3. The van der Waals surface area contributed by atoms with Gasteiger partial charge in [0, 0.05) is 16.4 Å². The minimum Gasteiger partial charge on any atom is -0.211 e. The minimum absolute atomic E-state index is 0.00958. The summed E-state index contributed by atoms with van der Waals surface area (Å²) in [5.41, 5.74) is 0. The van der Waals surface area contributed by atoms with Gasteiger partial charge in [0.2, 0.25) is 10.0 Å². The number of rotatable bonds is 6. The average molecular weight is 375 g/mol. The zero-order valence-electron chi connectivity index (χ0n) is 9.79. The third-order valence-electron chi connectivity index (χ3n) is 2.39. The number of alkyl halides is 1. The van der Waals surface area contributed by atoms with E-state index >= 15 is 0 Å². The van der Waals surface area contributed by atoms with Gasteiger partial charge in [0.05, 0.1) is 9.92 Å². The van der Waals surface area contributed by atoms with E-state index in [0.29, 0.717) is 22.5 Å². The van der Waals surface area contributed by atoms with Gasteiger partial charge < -0.3 is 0 Å². The highest BCUT2D eigenvalue weighted by Crippen LogP contribution is 2.25. The van der Waals surface area contributed by atoms with Crippen molar-refractivity contribution < 1.29 is 8.42 Å². The molecule has 3 nitrogen and oxygen atoms in total. The summed E-state index contributed by atoms with van der Waals surface area (Å²) >= 11 is 14.9. The molecular formula is C11H14BrCl2NO2S. The summed E-state index contributed by atoms with van der Waals surface area (Å²) < 4.78 is 27.0. The third kappa shape index (κ3) is 4.70. The van der Waals surface area contributed by atoms with Crippen molar-refractivity contribution >= 4 is 49.2 Å². The van der Waals surface area contributed by atoms with E-state index in [9.17, 15) is 8.42 Å². The number of sulfonamides is 1. The lowest BCUT2D eigenvalue weighted by molar-refractivity contribution is 0.576. The molecule has 1 aromatic rings. The van der Waals surface area contributed by atoms with Crippen LogP contribution < -0.4 is 4.72 Å². The SMILES string of the molecule is CCC(Cl)CCNS(=O)(=O)c1ccc(Cl)c(Br)c1. The van der Waals surface area contributed by atoms with Gasteiger partial charge in [-0.1, -0.05) is 18.5 Å². The lowest BCUT2D eigenvalue weighted by atomic mass is 10.2. The number of benzene rings is 1. The smallest absolute Gasteiger partial charge is 0.211 e. The number of nitrogens with one attached hydrogen (secondary N) is 1. The van der Waals surface area contributed by atoms with Gasteiger partial charge >= 0.3 is 0 Å². The largest absolute Gasteiger partial charge is 0.240 e. The van der Waals surface area contributed by atoms with Crippen LogP contribution in [0.25, 0.3) is 0 Å². The predicted molar refractivity (Wildman–Crippen MR) is 78.9 cm³/mol. The fraction of sp³-hybridized carbons (Fsp3) is 0.455. The van der Waals surface area contributed by atoms with E-state index in [4.69, 9.17) is 23.2 Å². The van der Waals surface area contributed by atoms with Crippen LogP contribution in [-0.2, 0) is 10.0 Å². The Labute approximate surface area is 126 Å². The summed E-state index contributed by atoms with van der Waals surface area (Å²) in [5, 5.41) is 0.463. The molecule has 18 heavy (non-hydrogen) atoms. The Balaban J connectivity index is 2.71. The number of hydrogen-bond donors (Lipinski definition) is 1. The summed E-state index contributed by atoms with van der Waals surface area (Å²) in [6, 6.07) is 4.48. The van der Waals surface area contributed by atoms with Crippen molar-refractivity contribution in [2.75, 3.05) is 6.54 Å². The van der Waals surface area contributed by atoms with E-state index < -0.39 is 10.0 Å². The average Bonchev–Trinajstić information content (AvgIpc) is 2.32. The highest BCUT2D eigenvalue weighted by Gasteiger charge is 2.15. The Morgan fingerprint density at radius 1 is 1.44 bits per heavy atom. The summed E-state index contributed by atoms with van der Waals surface area (Å²) in [5.74, 6) is 0. The van der Waals surface area contributed by atoms with Crippen LogP contribution in [-0.4, -0.2) is 20.3 Å². The van der Waals surface area contributed by atoms with Gasteiger partial charge in [-0.2, -0.15) is 0 Å². The molecule has 1 aromatic carbocycles. The van der Waals surface area contributed by atoms with Crippen molar-refractivity contribution in [3.8, 4) is 0 Å². The fourth-order valence-corrected chi connectivity index (χ4v) is 3.11. The molecule has 7 heteroatoms. The van der Waals surface area contributed by atoms with Gasteiger partial charge in [-0.15, -0.1) is 11.6 Å². The Bertz CT molecular complexity index is 508. The lowest BCUT2D eigenvalue weighted by Crippen LogP contribution is -2.26. The van der Waals surface area contributed by atoms with Crippen molar-refractivity contribution in [2.24, 2.45) is 0 Å². The van der Waals surface area contributed by atoms with Gasteiger partial charge in [-0.3, -0.25) is 0 Å². The predicted octanol–water partition coefficient (Wildman–Crippen LogP) is 3.79. The van der Waals surface area contributed by atoms with Crippen molar-refractivity contribution in [3.63, 3.8) is 0 Å². The van der Waals surface area contributed by atoms with Crippen LogP contribution in [0.5, 0.6) is 0 Å². The Morgan fingerprint density at radius 3 is 2.67 bits per heavy atom. The van der Waals surface area contributed by atoms with Crippen molar-refractivity contribution in [3.05, 3.63) is 27.7 Å². The summed E-state index contributed by atoms with van der Waals surface area (Å²) in [4.78, 5) is 0.182. The van der Waals surface area contributed by atoms with Crippen LogP contribution in [0.3, 0.4) is 0 Å². The fourth-order valence-electron chi connectivity index (χ4n) is 1.28. The van der Waals surface area contributed by atoms with E-state index in [2.05, 4.69) is 20.7 Å². The molecule has 1 atom stereocenters. The highest BCUT2D eigenvalue weighted by atomic mass is 79.9. The van der Waals surface area contributed by atoms with Crippen LogP contribution in [0.2, 0.25) is 5.02 Å². The molecule has 0 aliphatic heterocycles. The second kappa shape index (κ2) is 7.10. The zero-order valence-corrected chi connectivity index (χ0v) is 13.7. The quantitative estimate of drug-likeness (QED) is 0.770. The molecular weight excluding hydrogens is 361 g/mol. The maximum atomic E-state index is 11.9. The number of hydrogen-bond acceptors (Lipinski definition) is 2. The molecule has 0 heterocycles. The van der Waals surface area contributed by atoms with Crippen LogP contribution in [0, 0.1) is 0 Å². The van der Waals surface area contributed by atoms with Gasteiger partial charge in [0.1, 0.15) is 0 Å². The molecule has 0 bridgehead atoms. The minimum atomic E-state index is -3.50. The normalized spacial score (nSPS) is 13.6. The topological polar surface area (TPSA) is 46.2 Å². The molecule has 1 rings (SSSR count). The first-order valence-corrected chi connectivity index (χ1v) is 8.54.